The van der Waals surface area contributed by atoms with Crippen LogP contribution in [-0.2, 0) is 25.3 Å². The summed E-state index contributed by atoms with van der Waals surface area (Å²) >= 11 is 6.66. The van der Waals surface area contributed by atoms with Crippen LogP contribution >= 0.6 is 31.9 Å². The smallest absolute Gasteiger partial charge is 0.413 e. The summed E-state index contributed by atoms with van der Waals surface area (Å²) in [7, 11) is 0. The predicted octanol–water partition coefficient (Wildman–Crippen LogP) is 5.47. The molecule has 5 N–H and O–H groups in total. The van der Waals surface area contributed by atoms with Crippen molar-refractivity contribution < 1.29 is 33.8 Å². The summed E-state index contributed by atoms with van der Waals surface area (Å²) < 4.78 is 17.6. The molecule has 0 saturated heterocycles. The maximum Gasteiger partial charge on any atom is 0.413 e. The third-order valence-corrected chi connectivity index (χ3v) is 7.08. The summed E-state index contributed by atoms with van der Waals surface area (Å²) in [5.74, 6) is 0.602. The number of hydrogen-bond donors (Lipinski definition) is 4. The van der Waals surface area contributed by atoms with Crippen molar-refractivity contribution in [2.24, 2.45) is 9.98 Å². The van der Waals surface area contributed by atoms with E-state index >= 15 is 0 Å². The Morgan fingerprint density at radius 3 is 1.93 bits per heavy atom. The van der Waals surface area contributed by atoms with Gasteiger partial charge in [-0.15, -0.1) is 0 Å². The molecule has 2 heterocycles. The normalized spacial score (nSPS) is 21.5. The van der Waals surface area contributed by atoms with E-state index < -0.39 is 33.8 Å². The lowest BCUT2D eigenvalue weighted by Crippen LogP contribution is -2.44. The van der Waals surface area contributed by atoms with Crippen molar-refractivity contribution in [3.05, 3.63) is 66.6 Å². The van der Waals surface area contributed by atoms with Crippen molar-refractivity contribution in [3.63, 3.8) is 0 Å². The number of amidine groups is 2. The van der Waals surface area contributed by atoms with Gasteiger partial charge in [-0.05, 0) is 70.0 Å². The molecule has 2 amide bonds. The summed E-state index contributed by atoms with van der Waals surface area (Å²) in [6, 6.07) is 10.1. The van der Waals surface area contributed by atoms with E-state index in [4.69, 9.17) is 25.1 Å². The molecule has 0 aromatic heterocycles. The molecule has 0 radical (unpaired) electrons. The lowest BCUT2D eigenvalue weighted by molar-refractivity contribution is -0.385. The van der Waals surface area contributed by atoms with E-state index in [1.54, 1.807) is 33.8 Å². The second-order valence-corrected chi connectivity index (χ2v) is 13.3. The molecule has 44 heavy (non-hydrogen) atoms. The van der Waals surface area contributed by atoms with Crippen LogP contribution in [0.3, 0.4) is 0 Å². The van der Waals surface area contributed by atoms with E-state index in [1.165, 1.54) is 12.1 Å². The molecule has 0 aliphatic carbocycles. The zero-order valence-electron chi connectivity index (χ0n) is 24.8. The highest BCUT2D eigenvalue weighted by Gasteiger charge is 2.33. The van der Waals surface area contributed by atoms with Crippen molar-refractivity contribution in [1.29, 1.82) is 0 Å². The van der Waals surface area contributed by atoms with Gasteiger partial charge in [-0.2, -0.15) is 0 Å². The quantitative estimate of drug-likeness (QED) is 0.179. The van der Waals surface area contributed by atoms with Crippen molar-refractivity contribution >= 4 is 67.1 Å². The van der Waals surface area contributed by atoms with Gasteiger partial charge in [0.2, 0.25) is 0 Å². The average molecular weight is 742 g/mol. The molecule has 2 aromatic carbocycles. The van der Waals surface area contributed by atoms with E-state index in [0.717, 1.165) is 10.0 Å². The number of carboxylic acid groups (broad SMARTS) is 1. The number of anilines is 1. The number of nitrogens with one attached hydrogen (secondary N) is 2. The number of nitrogen functional groups attached to an aromatic ring is 1. The Kier molecular flexibility index (Phi) is 11.1. The fraction of sp³-hybridized carbons (Fsp3) is 0.429. The Labute approximate surface area is 270 Å². The van der Waals surface area contributed by atoms with Gasteiger partial charge in [0, 0.05) is 26.8 Å². The minimum atomic E-state index is -1.23. The lowest BCUT2D eigenvalue weighted by Gasteiger charge is -2.31. The number of nitro groups is 1. The van der Waals surface area contributed by atoms with E-state index in [0.29, 0.717) is 28.2 Å². The van der Waals surface area contributed by atoms with Gasteiger partial charge >= 0.3 is 12.2 Å². The number of hydrogen-bond acceptors (Lipinski definition) is 10. The first-order chi connectivity index (χ1) is 20.4. The van der Waals surface area contributed by atoms with Crippen LogP contribution in [-0.4, -0.2) is 65.9 Å². The molecule has 14 nitrogen and oxygen atoms in total. The minimum absolute atomic E-state index is 0.0536. The van der Waals surface area contributed by atoms with Gasteiger partial charge in [-0.25, -0.2) is 9.59 Å². The Bertz CT molecular complexity index is 1470. The van der Waals surface area contributed by atoms with Gasteiger partial charge in [-0.1, -0.05) is 31.9 Å². The molecule has 4 rings (SSSR count). The van der Waals surface area contributed by atoms with E-state index in [-0.39, 0.29) is 31.3 Å². The van der Waals surface area contributed by atoms with Crippen LogP contribution in [0.5, 0.6) is 0 Å². The number of ether oxygens (including phenoxy) is 3. The number of nitrogens with zero attached hydrogens (tertiary/aromatic N) is 3. The number of amides is 2. The number of aliphatic imine (C=N–C) groups is 2. The molecule has 0 spiro atoms. The first kappa shape index (κ1) is 34.9. The van der Waals surface area contributed by atoms with Crippen LogP contribution in [0.2, 0.25) is 0 Å². The summed E-state index contributed by atoms with van der Waals surface area (Å²) in [6.07, 6.45) is -1.78. The second kappa shape index (κ2) is 14.0. The molecule has 2 aromatic rings. The molecule has 16 heteroatoms. The largest absolute Gasteiger partial charge is 0.465 e. The maximum atomic E-state index is 11.9. The van der Waals surface area contributed by atoms with E-state index in [1.807, 2.05) is 25.1 Å². The van der Waals surface area contributed by atoms with Gasteiger partial charge in [0.05, 0.1) is 18.1 Å². The minimum Gasteiger partial charge on any atom is -0.465 e. The highest BCUT2D eigenvalue weighted by molar-refractivity contribution is 9.10. The summed E-state index contributed by atoms with van der Waals surface area (Å²) in [5, 5.41) is 24.5. The number of alkyl carbamates (subject to hydrolysis) is 1. The molecule has 238 valence electrons. The Morgan fingerprint density at radius 1 is 0.955 bits per heavy atom. The van der Waals surface area contributed by atoms with Crippen LogP contribution in [0, 0.1) is 10.1 Å². The van der Waals surface area contributed by atoms with Crippen LogP contribution in [0.25, 0.3) is 0 Å². The monoisotopic (exact) mass is 740 g/mol. The highest BCUT2D eigenvalue weighted by Crippen LogP contribution is 2.34. The molecule has 0 fully saturated rings. The first-order valence-corrected chi connectivity index (χ1v) is 14.8. The van der Waals surface area contributed by atoms with Gasteiger partial charge in [-0.3, -0.25) is 30.7 Å². The Hall–Kier alpha value is -3.60. The van der Waals surface area contributed by atoms with Crippen LogP contribution in [0.4, 0.5) is 21.0 Å². The van der Waals surface area contributed by atoms with E-state index in [2.05, 4.69) is 52.5 Å². The van der Waals surface area contributed by atoms with Crippen molar-refractivity contribution in [2.45, 2.75) is 51.3 Å². The zero-order valence-corrected chi connectivity index (χ0v) is 27.9. The Morgan fingerprint density at radius 2 is 1.45 bits per heavy atom. The molecule has 2 aliphatic rings. The topological polar surface area (TPSA) is 200 Å². The molecule has 2 atom stereocenters. The number of rotatable bonds is 3. The molecular formula is C28H34Br2N6O8. The fourth-order valence-corrected chi connectivity index (χ4v) is 5.29. The number of carbonyl (C=O) groups is 2. The number of benzene rings is 2. The predicted molar refractivity (Wildman–Crippen MR) is 171 cm³/mol. The van der Waals surface area contributed by atoms with Crippen LogP contribution in [0.1, 0.15) is 45.7 Å². The molecule has 0 bridgehead atoms. The molecular weight excluding hydrogens is 708 g/mol. The summed E-state index contributed by atoms with van der Waals surface area (Å²) in [4.78, 5) is 41.9. The van der Waals surface area contributed by atoms with Crippen molar-refractivity contribution in [1.82, 2.24) is 10.6 Å². The molecule has 0 unspecified atom stereocenters. The number of halogens is 2. The summed E-state index contributed by atoms with van der Waals surface area (Å²) in [5.41, 5.74) is 5.85. The maximum absolute atomic E-state index is 11.9. The van der Waals surface area contributed by atoms with Crippen LogP contribution in [0.15, 0.2) is 55.3 Å². The number of carbonyl (C=O) groups excluding carboxylic acids is 1. The average Bonchev–Trinajstić information content (AvgIpc) is 2.87. The van der Waals surface area contributed by atoms with Gasteiger partial charge in [0.1, 0.15) is 41.6 Å². The first-order valence-electron chi connectivity index (χ1n) is 13.2. The SMILES string of the molecule is CC(C)(C)OC(=O)NC1=N[C@](C)(c2cc(N)cc(Br)c2)COC1.C[C@@]1(c2cc(Br)cc([N+](=O)[O-])c2)COCC(NC(=O)O)=N1. The number of nitrogens with two attached hydrogens (primary N) is 1. The number of non-ortho nitro benzene ring substituents is 1. The second-order valence-electron chi connectivity index (χ2n) is 11.4. The van der Waals surface area contributed by atoms with Gasteiger partial charge in [0.15, 0.2) is 0 Å². The molecule has 2 aliphatic heterocycles. The van der Waals surface area contributed by atoms with Crippen LogP contribution < -0.4 is 16.4 Å². The van der Waals surface area contributed by atoms with E-state index in [9.17, 15) is 19.7 Å². The third kappa shape index (κ3) is 9.97. The van der Waals surface area contributed by atoms with Gasteiger partial charge in [0.25, 0.3) is 5.69 Å². The zero-order chi connectivity index (χ0) is 32.9. The number of nitro benzene ring substituents is 1. The summed E-state index contributed by atoms with van der Waals surface area (Å²) in [6.45, 7) is 9.97. The highest BCUT2D eigenvalue weighted by atomic mass is 79.9. The lowest BCUT2D eigenvalue weighted by atomic mass is 9.92. The standard InChI is InChI=1S/C16H22BrN3O3.C12H12BrN3O5/c1-15(2,3)23-14(21)19-13-8-22-9-16(4,20-13)10-5-11(17)7-12(18)6-10;1-12(6-21-5-10(15-12)14-11(17)18)7-2-8(13)4-9(3-7)16(19)20/h5-7H,8-9,18H2,1-4H3,(H,19,20,21);2-4H,5-6H2,1H3,(H,14,15)(H,17,18)/t16-;12-/m00/s1. The van der Waals surface area contributed by atoms with Crippen molar-refractivity contribution in [3.8, 4) is 0 Å². The Balaban J connectivity index is 0.000000241. The van der Waals surface area contributed by atoms with Gasteiger partial charge < -0.3 is 25.1 Å². The third-order valence-electron chi connectivity index (χ3n) is 6.16. The molecule has 0 saturated carbocycles. The fourth-order valence-electron chi connectivity index (χ4n) is 4.30. The van der Waals surface area contributed by atoms with Crippen molar-refractivity contribution in [2.75, 3.05) is 32.2 Å².